The van der Waals surface area contributed by atoms with Gasteiger partial charge >= 0.3 is 0 Å². The summed E-state index contributed by atoms with van der Waals surface area (Å²) >= 11 is 0. The molecule has 2 rings (SSSR count). The highest BCUT2D eigenvalue weighted by atomic mass is 16.5. The number of hydrogen-bond donors (Lipinski definition) is 1. The number of hydrogen-bond acceptors (Lipinski definition) is 3. The third-order valence-corrected chi connectivity index (χ3v) is 2.81. The highest BCUT2D eigenvalue weighted by molar-refractivity contribution is 5.27. The predicted octanol–water partition coefficient (Wildman–Crippen LogP) is 2.50. The Morgan fingerprint density at radius 3 is 2.53 bits per heavy atom. The number of nitrogens with zero attached hydrogens (tertiary/aromatic N) is 2. The molecule has 0 amide bonds. The van der Waals surface area contributed by atoms with E-state index in [-0.39, 0.29) is 0 Å². The second-order valence-corrected chi connectivity index (χ2v) is 4.62. The van der Waals surface area contributed by atoms with Crippen molar-refractivity contribution in [3.05, 3.63) is 47.8 Å². The van der Waals surface area contributed by atoms with Crippen molar-refractivity contribution in [3.8, 4) is 5.75 Å². The van der Waals surface area contributed by atoms with E-state index in [0.29, 0.717) is 0 Å². The lowest BCUT2D eigenvalue weighted by Crippen LogP contribution is -2.12. The zero-order chi connectivity index (χ0) is 13.5. The fourth-order valence-electron chi connectivity index (χ4n) is 1.84. The van der Waals surface area contributed by atoms with Crippen LogP contribution in [0.4, 0.5) is 0 Å². The molecule has 0 radical (unpaired) electrons. The van der Waals surface area contributed by atoms with Crippen LogP contribution in [0.25, 0.3) is 0 Å². The van der Waals surface area contributed by atoms with Gasteiger partial charge in [0.15, 0.2) is 0 Å². The van der Waals surface area contributed by atoms with Crippen molar-refractivity contribution in [1.29, 1.82) is 0 Å². The van der Waals surface area contributed by atoms with Gasteiger partial charge in [0.2, 0.25) is 0 Å². The van der Waals surface area contributed by atoms with Crippen molar-refractivity contribution in [2.24, 2.45) is 7.05 Å². The summed E-state index contributed by atoms with van der Waals surface area (Å²) in [7, 11) is 1.93. The van der Waals surface area contributed by atoms with Crippen LogP contribution in [0.3, 0.4) is 0 Å². The van der Waals surface area contributed by atoms with Crippen LogP contribution in [0.15, 0.2) is 36.7 Å². The number of nitrogens with one attached hydrogen (secondary N) is 1. The summed E-state index contributed by atoms with van der Waals surface area (Å²) in [6.45, 7) is 4.57. The number of aryl methyl sites for hydroxylation is 1. The average molecular weight is 259 g/mol. The highest BCUT2D eigenvalue weighted by Gasteiger charge is 1.98. The Kier molecular flexibility index (Phi) is 4.98. The summed E-state index contributed by atoms with van der Waals surface area (Å²) in [5.74, 6) is 0.942. The van der Waals surface area contributed by atoms with E-state index in [1.807, 2.05) is 36.3 Å². The third-order valence-electron chi connectivity index (χ3n) is 2.81. The van der Waals surface area contributed by atoms with Crippen LogP contribution in [0.1, 0.15) is 24.5 Å². The van der Waals surface area contributed by atoms with Gasteiger partial charge in [-0.1, -0.05) is 19.1 Å². The molecular formula is C15H21N3O. The van der Waals surface area contributed by atoms with Gasteiger partial charge in [-0.05, 0) is 24.1 Å². The van der Waals surface area contributed by atoms with Crippen LogP contribution in [0, 0.1) is 0 Å². The van der Waals surface area contributed by atoms with Crippen molar-refractivity contribution in [2.75, 3.05) is 6.61 Å². The Morgan fingerprint density at radius 1 is 1.16 bits per heavy atom. The summed E-state index contributed by atoms with van der Waals surface area (Å²) < 4.78 is 7.37. The van der Waals surface area contributed by atoms with Crippen LogP contribution in [0.2, 0.25) is 0 Å². The van der Waals surface area contributed by atoms with Crippen LogP contribution in [-0.4, -0.2) is 16.4 Å². The Morgan fingerprint density at radius 2 is 1.89 bits per heavy atom. The van der Waals surface area contributed by atoms with Gasteiger partial charge in [-0.15, -0.1) is 0 Å². The second kappa shape index (κ2) is 6.95. The van der Waals surface area contributed by atoms with Crippen molar-refractivity contribution < 1.29 is 4.74 Å². The number of aromatic nitrogens is 2. The third kappa shape index (κ3) is 4.41. The van der Waals surface area contributed by atoms with Gasteiger partial charge in [-0.3, -0.25) is 4.68 Å². The molecule has 1 aromatic carbocycles. The molecule has 1 heterocycles. The van der Waals surface area contributed by atoms with Crippen LogP contribution >= 0.6 is 0 Å². The minimum absolute atomic E-state index is 0.776. The normalized spacial score (nSPS) is 10.6. The van der Waals surface area contributed by atoms with Gasteiger partial charge in [0, 0.05) is 31.9 Å². The molecule has 0 bridgehead atoms. The number of rotatable bonds is 7. The van der Waals surface area contributed by atoms with Crippen molar-refractivity contribution >= 4 is 0 Å². The molecule has 0 aliphatic rings. The molecule has 0 aliphatic carbocycles. The first-order valence-electron chi connectivity index (χ1n) is 6.68. The molecule has 0 unspecified atom stereocenters. The van der Waals surface area contributed by atoms with E-state index in [2.05, 4.69) is 29.5 Å². The molecule has 2 aromatic rings. The minimum Gasteiger partial charge on any atom is -0.494 e. The van der Waals surface area contributed by atoms with Crippen LogP contribution in [-0.2, 0) is 20.1 Å². The zero-order valence-corrected chi connectivity index (χ0v) is 11.6. The maximum atomic E-state index is 5.56. The molecule has 0 atom stereocenters. The van der Waals surface area contributed by atoms with Crippen molar-refractivity contribution in [3.63, 3.8) is 0 Å². The Hall–Kier alpha value is -1.81. The topological polar surface area (TPSA) is 39.1 Å². The monoisotopic (exact) mass is 259 g/mol. The lowest BCUT2D eigenvalue weighted by Gasteiger charge is -2.06. The van der Waals surface area contributed by atoms with E-state index in [0.717, 1.165) is 31.9 Å². The largest absolute Gasteiger partial charge is 0.494 e. The fourth-order valence-corrected chi connectivity index (χ4v) is 1.84. The van der Waals surface area contributed by atoms with Gasteiger partial charge < -0.3 is 10.1 Å². The number of benzene rings is 1. The lowest BCUT2D eigenvalue weighted by molar-refractivity contribution is 0.317. The van der Waals surface area contributed by atoms with Crippen LogP contribution < -0.4 is 10.1 Å². The standard InChI is InChI=1S/C15H21N3O/c1-3-8-19-15-6-4-13(5-7-15)9-16-10-14-11-17-18(2)12-14/h4-7,11-12,16H,3,8-10H2,1-2H3. The Balaban J connectivity index is 1.76. The highest BCUT2D eigenvalue weighted by Crippen LogP contribution is 2.12. The maximum Gasteiger partial charge on any atom is 0.119 e. The van der Waals surface area contributed by atoms with Crippen molar-refractivity contribution in [2.45, 2.75) is 26.4 Å². The van der Waals surface area contributed by atoms with Gasteiger partial charge in [0.05, 0.1) is 12.8 Å². The zero-order valence-electron chi connectivity index (χ0n) is 11.6. The first-order chi connectivity index (χ1) is 9.28. The molecule has 1 N–H and O–H groups in total. The summed E-state index contributed by atoms with van der Waals surface area (Å²) in [4.78, 5) is 0. The van der Waals surface area contributed by atoms with E-state index >= 15 is 0 Å². The smallest absolute Gasteiger partial charge is 0.119 e. The summed E-state index contributed by atoms with van der Waals surface area (Å²) in [5, 5.41) is 7.54. The second-order valence-electron chi connectivity index (χ2n) is 4.62. The molecule has 0 aliphatic heterocycles. The van der Waals surface area contributed by atoms with E-state index in [9.17, 15) is 0 Å². The Bertz CT molecular complexity index is 490. The average Bonchev–Trinajstić information content (AvgIpc) is 2.84. The maximum absolute atomic E-state index is 5.56. The SMILES string of the molecule is CCCOc1ccc(CNCc2cnn(C)c2)cc1. The lowest BCUT2D eigenvalue weighted by atomic mass is 10.2. The van der Waals surface area contributed by atoms with E-state index < -0.39 is 0 Å². The summed E-state index contributed by atoms with van der Waals surface area (Å²) in [6.07, 6.45) is 4.94. The van der Waals surface area contributed by atoms with E-state index in [4.69, 9.17) is 4.74 Å². The molecule has 4 nitrogen and oxygen atoms in total. The predicted molar refractivity (Wildman–Crippen MR) is 76.0 cm³/mol. The molecule has 19 heavy (non-hydrogen) atoms. The molecule has 0 saturated carbocycles. The summed E-state index contributed by atoms with van der Waals surface area (Å²) in [6, 6.07) is 8.25. The molecule has 0 fully saturated rings. The van der Waals surface area contributed by atoms with Gasteiger partial charge in [0.25, 0.3) is 0 Å². The molecular weight excluding hydrogens is 238 g/mol. The van der Waals surface area contributed by atoms with E-state index in [1.54, 1.807) is 0 Å². The first kappa shape index (κ1) is 13.6. The molecule has 4 heteroatoms. The van der Waals surface area contributed by atoms with Crippen molar-refractivity contribution in [1.82, 2.24) is 15.1 Å². The first-order valence-corrected chi connectivity index (χ1v) is 6.68. The fraction of sp³-hybridized carbons (Fsp3) is 0.400. The van der Waals surface area contributed by atoms with Crippen LogP contribution in [0.5, 0.6) is 5.75 Å². The molecule has 1 aromatic heterocycles. The van der Waals surface area contributed by atoms with Gasteiger partial charge in [-0.25, -0.2) is 0 Å². The quantitative estimate of drug-likeness (QED) is 0.830. The van der Waals surface area contributed by atoms with Gasteiger partial charge in [0.1, 0.15) is 5.75 Å². The molecule has 0 spiro atoms. The number of ether oxygens (including phenoxy) is 1. The summed E-state index contributed by atoms with van der Waals surface area (Å²) in [5.41, 5.74) is 2.46. The molecule has 102 valence electrons. The minimum atomic E-state index is 0.776. The molecule has 0 saturated heterocycles. The Labute approximate surface area is 114 Å². The van der Waals surface area contributed by atoms with Gasteiger partial charge in [-0.2, -0.15) is 5.10 Å². The van der Waals surface area contributed by atoms with E-state index in [1.165, 1.54) is 11.1 Å².